The lowest BCUT2D eigenvalue weighted by molar-refractivity contribution is -0.124. The van der Waals surface area contributed by atoms with E-state index in [2.05, 4.69) is 22.4 Å². The zero-order chi connectivity index (χ0) is 28.9. The number of nitrogens with zero attached hydrogens (tertiary/aromatic N) is 3. The molecule has 0 saturated heterocycles. The molecule has 3 N–H and O–H groups in total. The summed E-state index contributed by atoms with van der Waals surface area (Å²) in [5.74, 6) is 0.114. The molecule has 2 aromatic carbocycles. The Morgan fingerprint density at radius 3 is 2.62 bits per heavy atom. The molecule has 4 amide bonds. The van der Waals surface area contributed by atoms with Crippen LogP contribution in [0, 0.1) is 5.41 Å². The molecule has 1 aliphatic carbocycles. The van der Waals surface area contributed by atoms with Gasteiger partial charge in [0, 0.05) is 36.5 Å². The van der Waals surface area contributed by atoms with Gasteiger partial charge >= 0.3 is 6.03 Å². The number of likely N-dealkylation sites (N-methyl/N-ethyl adjacent to an activating group) is 1. The lowest BCUT2D eigenvalue weighted by Gasteiger charge is -2.26. The van der Waals surface area contributed by atoms with Crippen LogP contribution in [-0.4, -0.2) is 75.0 Å². The molecule has 2 aromatic rings. The number of para-hydroxylation sites is 1. The molecule has 0 aromatic heterocycles. The van der Waals surface area contributed by atoms with Crippen molar-refractivity contribution in [3.8, 4) is 5.75 Å². The predicted octanol–water partition coefficient (Wildman–Crippen LogP) is 4.09. The predicted molar refractivity (Wildman–Crippen MR) is 158 cm³/mol. The van der Waals surface area contributed by atoms with Gasteiger partial charge in [-0.25, -0.2) is 4.79 Å². The fourth-order valence-electron chi connectivity index (χ4n) is 5.70. The van der Waals surface area contributed by atoms with Gasteiger partial charge in [-0.2, -0.15) is 0 Å². The molecular weight excluding hydrogens is 506 g/mol. The number of allylic oxidation sites excluding steroid dienone is 1. The van der Waals surface area contributed by atoms with Gasteiger partial charge in [-0.1, -0.05) is 24.3 Å². The first-order chi connectivity index (χ1) is 19.2. The highest BCUT2D eigenvalue weighted by Crippen LogP contribution is 2.46. The minimum Gasteiger partial charge on any atom is -0.495 e. The maximum atomic E-state index is 13.7. The van der Waals surface area contributed by atoms with E-state index < -0.39 is 0 Å². The van der Waals surface area contributed by atoms with Crippen LogP contribution in [0.3, 0.4) is 0 Å². The van der Waals surface area contributed by atoms with Crippen molar-refractivity contribution in [2.45, 2.75) is 39.0 Å². The molecule has 2 aliphatic rings. The summed E-state index contributed by atoms with van der Waals surface area (Å²) in [6, 6.07) is 12.7. The number of nitrogen functional groups attached to an aromatic ring is 1. The molecule has 214 valence electrons. The van der Waals surface area contributed by atoms with Crippen LogP contribution in [-0.2, 0) is 11.2 Å². The molecule has 9 heteroatoms. The third-order valence-corrected chi connectivity index (χ3v) is 7.90. The van der Waals surface area contributed by atoms with E-state index >= 15 is 0 Å². The van der Waals surface area contributed by atoms with E-state index in [4.69, 9.17) is 10.5 Å². The lowest BCUT2D eigenvalue weighted by atomic mass is 9.79. The van der Waals surface area contributed by atoms with Crippen molar-refractivity contribution < 1.29 is 19.1 Å². The second-order valence-electron chi connectivity index (χ2n) is 10.9. The molecule has 1 heterocycles. The van der Waals surface area contributed by atoms with Gasteiger partial charge in [-0.15, -0.1) is 0 Å². The van der Waals surface area contributed by atoms with E-state index in [9.17, 15) is 14.4 Å². The van der Waals surface area contributed by atoms with Crippen molar-refractivity contribution in [1.29, 1.82) is 0 Å². The van der Waals surface area contributed by atoms with E-state index in [1.54, 1.807) is 18.2 Å². The maximum Gasteiger partial charge on any atom is 0.324 e. The van der Waals surface area contributed by atoms with Gasteiger partial charge in [-0.3, -0.25) is 14.5 Å². The van der Waals surface area contributed by atoms with Crippen molar-refractivity contribution >= 4 is 29.2 Å². The Hall–Kier alpha value is -3.85. The Labute approximate surface area is 236 Å². The summed E-state index contributed by atoms with van der Waals surface area (Å²) in [5.41, 5.74) is 9.30. The molecule has 0 fully saturated rings. The highest BCUT2D eigenvalue weighted by Gasteiger charge is 2.40. The number of carbonyl (C=O) groups is 3. The third kappa shape index (κ3) is 6.31. The molecular formula is C31H41N5O4. The number of carbonyl (C=O) groups excluding carboxylic acids is 3. The molecule has 1 aliphatic heterocycles. The number of hydrogen-bond donors (Lipinski definition) is 2. The normalized spacial score (nSPS) is 18.2. The summed E-state index contributed by atoms with van der Waals surface area (Å²) in [5, 5.41) is 2.88. The van der Waals surface area contributed by atoms with E-state index in [0.717, 1.165) is 37.1 Å². The number of amides is 4. The van der Waals surface area contributed by atoms with E-state index in [0.29, 0.717) is 55.0 Å². The van der Waals surface area contributed by atoms with Crippen LogP contribution in [0.1, 0.15) is 48.5 Å². The first-order valence-corrected chi connectivity index (χ1v) is 14.0. The zero-order valence-electron chi connectivity index (χ0n) is 24.0. The Bertz CT molecular complexity index is 1290. The minimum absolute atomic E-state index is 0.121. The number of nitrogens with one attached hydrogen (secondary N) is 1. The third-order valence-electron chi connectivity index (χ3n) is 7.90. The molecule has 40 heavy (non-hydrogen) atoms. The van der Waals surface area contributed by atoms with Gasteiger partial charge < -0.3 is 25.6 Å². The molecule has 1 spiro atoms. The Morgan fingerprint density at radius 1 is 1.12 bits per heavy atom. The first-order valence-electron chi connectivity index (χ1n) is 14.0. The Morgan fingerprint density at radius 2 is 1.90 bits per heavy atom. The maximum absolute atomic E-state index is 13.7. The van der Waals surface area contributed by atoms with Gasteiger partial charge in [0.1, 0.15) is 5.75 Å². The molecule has 0 radical (unpaired) electrons. The number of fused-ring (bicyclic) bond motifs is 1. The van der Waals surface area contributed by atoms with Crippen LogP contribution in [0.2, 0.25) is 0 Å². The summed E-state index contributed by atoms with van der Waals surface area (Å²) in [6.45, 7) is 4.01. The van der Waals surface area contributed by atoms with Crippen LogP contribution in [0.15, 0.2) is 54.1 Å². The topological polar surface area (TPSA) is 108 Å². The fraction of sp³-hybridized carbons (Fsp3) is 0.452. The van der Waals surface area contributed by atoms with Gasteiger partial charge in [0.05, 0.1) is 12.8 Å². The van der Waals surface area contributed by atoms with Gasteiger partial charge in [0.25, 0.3) is 11.8 Å². The minimum atomic E-state index is -0.352. The lowest BCUT2D eigenvalue weighted by Crippen LogP contribution is -2.44. The number of nitrogens with two attached hydrogens (primary N) is 1. The fourth-order valence-corrected chi connectivity index (χ4v) is 5.70. The summed E-state index contributed by atoms with van der Waals surface area (Å²) >= 11 is 0. The summed E-state index contributed by atoms with van der Waals surface area (Å²) in [7, 11) is 5.51. The molecule has 1 unspecified atom stereocenters. The number of ether oxygens (including phenoxy) is 1. The Balaban J connectivity index is 1.54. The van der Waals surface area contributed by atoms with Crippen LogP contribution < -0.4 is 20.7 Å². The standard InChI is InChI=1S/C31H41N5O4/c1-5-35(30(39)33-16-8-17-34(2)3)29(38)24-13-14-31(21-24)15-18-36(26-10-7-6-9-23(26)20-31)28(37)22-11-12-25(32)27(19-22)40-4/h6-7,9-12,19,21H,5,8,13-18,20,32H2,1-4H3,(H,33,39). The molecule has 1 atom stereocenters. The summed E-state index contributed by atoms with van der Waals surface area (Å²) in [4.78, 5) is 45.2. The average molecular weight is 548 g/mol. The second kappa shape index (κ2) is 12.6. The van der Waals surface area contributed by atoms with Crippen LogP contribution in [0.25, 0.3) is 0 Å². The molecule has 0 bridgehead atoms. The first kappa shape index (κ1) is 29.1. The summed E-state index contributed by atoms with van der Waals surface area (Å²) < 4.78 is 5.34. The number of rotatable bonds is 8. The highest BCUT2D eigenvalue weighted by molar-refractivity contribution is 6.07. The van der Waals surface area contributed by atoms with Crippen LogP contribution in [0.4, 0.5) is 16.2 Å². The van der Waals surface area contributed by atoms with Crippen molar-refractivity contribution in [1.82, 2.24) is 15.1 Å². The monoisotopic (exact) mass is 547 g/mol. The van der Waals surface area contributed by atoms with Gasteiger partial charge in [-0.05, 0) is 94.9 Å². The van der Waals surface area contributed by atoms with Gasteiger partial charge in [0.15, 0.2) is 0 Å². The smallest absolute Gasteiger partial charge is 0.324 e. The second-order valence-corrected chi connectivity index (χ2v) is 10.9. The van der Waals surface area contributed by atoms with Gasteiger partial charge in [0.2, 0.25) is 0 Å². The number of imide groups is 1. The highest BCUT2D eigenvalue weighted by atomic mass is 16.5. The quantitative estimate of drug-likeness (QED) is 0.381. The number of urea groups is 1. The van der Waals surface area contributed by atoms with Crippen LogP contribution in [0.5, 0.6) is 5.75 Å². The summed E-state index contributed by atoms with van der Waals surface area (Å²) in [6.07, 6.45) is 5.72. The van der Waals surface area contributed by atoms with Crippen LogP contribution >= 0.6 is 0 Å². The SMILES string of the molecule is CCN(C(=O)NCCCN(C)C)C(=O)C1=CC2(CC1)CCN(C(=O)c1ccc(N)c(OC)c1)c1ccccc1C2. The number of hydrogen-bond acceptors (Lipinski definition) is 6. The molecule has 4 rings (SSSR count). The Kier molecular flexibility index (Phi) is 9.14. The van der Waals surface area contributed by atoms with E-state index in [1.165, 1.54) is 12.0 Å². The van der Waals surface area contributed by atoms with E-state index in [1.807, 2.05) is 44.1 Å². The average Bonchev–Trinajstić information content (AvgIpc) is 3.28. The van der Waals surface area contributed by atoms with Crippen molar-refractivity contribution in [3.63, 3.8) is 0 Å². The van der Waals surface area contributed by atoms with Crippen molar-refractivity contribution in [2.75, 3.05) is 58.0 Å². The number of methoxy groups -OCH3 is 1. The largest absolute Gasteiger partial charge is 0.495 e. The number of benzene rings is 2. The van der Waals surface area contributed by atoms with E-state index in [-0.39, 0.29) is 23.3 Å². The van der Waals surface area contributed by atoms with Crippen molar-refractivity contribution in [2.24, 2.45) is 5.41 Å². The van der Waals surface area contributed by atoms with Crippen molar-refractivity contribution in [3.05, 3.63) is 65.2 Å². The number of anilines is 2. The molecule has 9 nitrogen and oxygen atoms in total. The zero-order valence-corrected chi connectivity index (χ0v) is 24.0. The molecule has 0 saturated carbocycles.